The van der Waals surface area contributed by atoms with Crippen molar-refractivity contribution in [2.45, 2.75) is 12.5 Å². The zero-order valence-corrected chi connectivity index (χ0v) is 14.1. The van der Waals surface area contributed by atoms with Gasteiger partial charge in [-0.25, -0.2) is 9.97 Å². The maximum Gasteiger partial charge on any atom is 0.225 e. The van der Waals surface area contributed by atoms with Gasteiger partial charge in [0.1, 0.15) is 5.75 Å². The fourth-order valence-corrected chi connectivity index (χ4v) is 3.06. The molecule has 7 nitrogen and oxygen atoms in total. The van der Waals surface area contributed by atoms with Gasteiger partial charge in [-0.2, -0.15) is 0 Å². The summed E-state index contributed by atoms with van der Waals surface area (Å²) < 4.78 is 5.18. The lowest BCUT2D eigenvalue weighted by Gasteiger charge is -2.18. The molecule has 7 heteroatoms. The summed E-state index contributed by atoms with van der Waals surface area (Å²) in [6, 6.07) is 9.08. The molecular formula is C18H22N4O3. The Balaban J connectivity index is 1.61. The van der Waals surface area contributed by atoms with E-state index < -0.39 is 0 Å². The molecule has 0 spiro atoms. The monoisotopic (exact) mass is 342 g/mol. The predicted octanol–water partition coefficient (Wildman–Crippen LogP) is 0.641. The fourth-order valence-electron chi connectivity index (χ4n) is 3.06. The van der Waals surface area contributed by atoms with Crippen LogP contribution in [-0.2, 0) is 11.2 Å². The normalized spacial score (nSPS) is 19.7. The minimum absolute atomic E-state index is 0.00738. The van der Waals surface area contributed by atoms with Crippen LogP contribution in [0.3, 0.4) is 0 Å². The van der Waals surface area contributed by atoms with E-state index in [-0.39, 0.29) is 30.9 Å². The van der Waals surface area contributed by atoms with E-state index in [4.69, 9.17) is 4.74 Å². The van der Waals surface area contributed by atoms with Gasteiger partial charge in [0, 0.05) is 38.0 Å². The first-order valence-electron chi connectivity index (χ1n) is 8.24. The van der Waals surface area contributed by atoms with E-state index in [0.717, 1.165) is 11.3 Å². The Morgan fingerprint density at radius 2 is 2.12 bits per heavy atom. The predicted molar refractivity (Wildman–Crippen MR) is 93.4 cm³/mol. The third kappa shape index (κ3) is 4.24. The smallest absolute Gasteiger partial charge is 0.225 e. The minimum Gasteiger partial charge on any atom is -0.497 e. The lowest BCUT2D eigenvalue weighted by atomic mass is 10.0. The summed E-state index contributed by atoms with van der Waals surface area (Å²) in [6.07, 6.45) is 3.64. The van der Waals surface area contributed by atoms with Crippen LogP contribution in [0, 0.1) is 5.92 Å². The molecule has 1 aromatic carbocycles. The van der Waals surface area contributed by atoms with E-state index in [2.05, 4.69) is 15.3 Å². The first-order valence-corrected chi connectivity index (χ1v) is 8.24. The van der Waals surface area contributed by atoms with Crippen molar-refractivity contribution in [2.24, 2.45) is 5.92 Å². The van der Waals surface area contributed by atoms with Crippen molar-refractivity contribution in [2.75, 3.05) is 31.7 Å². The molecule has 1 amide bonds. The highest BCUT2D eigenvalue weighted by Gasteiger charge is 2.34. The highest BCUT2D eigenvalue weighted by molar-refractivity contribution is 5.79. The summed E-state index contributed by atoms with van der Waals surface area (Å²) in [5.41, 5.74) is 0.888. The summed E-state index contributed by atoms with van der Waals surface area (Å²) in [5.74, 6) is 1.22. The molecule has 0 bridgehead atoms. The number of methoxy groups -OCH3 is 1. The Hall–Kier alpha value is -2.67. The summed E-state index contributed by atoms with van der Waals surface area (Å²) in [5, 5.41) is 12.7. The molecule has 1 fully saturated rings. The van der Waals surface area contributed by atoms with Gasteiger partial charge < -0.3 is 20.1 Å². The molecule has 1 aromatic heterocycles. The molecule has 132 valence electrons. The number of amides is 1. The Kier molecular flexibility index (Phi) is 5.45. The van der Waals surface area contributed by atoms with Gasteiger partial charge in [0.2, 0.25) is 11.9 Å². The van der Waals surface area contributed by atoms with E-state index >= 15 is 0 Å². The average molecular weight is 342 g/mol. The third-order valence-corrected chi connectivity index (χ3v) is 4.36. The van der Waals surface area contributed by atoms with Gasteiger partial charge in [-0.05, 0) is 23.8 Å². The molecule has 1 aliphatic heterocycles. The molecule has 0 radical (unpaired) electrons. The average Bonchev–Trinajstić information content (AvgIpc) is 3.05. The highest BCUT2D eigenvalue weighted by Crippen LogP contribution is 2.21. The molecule has 25 heavy (non-hydrogen) atoms. The maximum absolute atomic E-state index is 12.4. The Morgan fingerprint density at radius 3 is 2.84 bits per heavy atom. The lowest BCUT2D eigenvalue weighted by Crippen LogP contribution is -2.42. The molecule has 2 heterocycles. The quantitative estimate of drug-likeness (QED) is 0.801. The van der Waals surface area contributed by atoms with Crippen LogP contribution < -0.4 is 15.0 Å². The highest BCUT2D eigenvalue weighted by atomic mass is 16.5. The number of nitrogens with zero attached hydrogens (tertiary/aromatic N) is 3. The SMILES string of the molecule is COc1cccc(CC(=O)N[C@@H]2CN(c3ncccn3)C[C@H]2CO)c1. The van der Waals surface area contributed by atoms with E-state index in [0.29, 0.717) is 19.0 Å². The van der Waals surface area contributed by atoms with E-state index in [9.17, 15) is 9.90 Å². The van der Waals surface area contributed by atoms with Crippen LogP contribution in [0.25, 0.3) is 0 Å². The topological polar surface area (TPSA) is 87.6 Å². The summed E-state index contributed by atoms with van der Waals surface area (Å²) in [6.45, 7) is 1.21. The van der Waals surface area contributed by atoms with Gasteiger partial charge in [0.05, 0.1) is 19.6 Å². The molecule has 0 aliphatic carbocycles. The van der Waals surface area contributed by atoms with Crippen LogP contribution >= 0.6 is 0 Å². The number of hydrogen-bond acceptors (Lipinski definition) is 6. The molecule has 0 unspecified atom stereocenters. The first-order chi connectivity index (χ1) is 12.2. The van der Waals surface area contributed by atoms with Crippen LogP contribution in [0.1, 0.15) is 5.56 Å². The van der Waals surface area contributed by atoms with Crippen LogP contribution in [0.5, 0.6) is 5.75 Å². The van der Waals surface area contributed by atoms with Crippen LogP contribution in [-0.4, -0.2) is 53.8 Å². The summed E-state index contributed by atoms with van der Waals surface area (Å²) >= 11 is 0. The Bertz CT molecular complexity index is 710. The van der Waals surface area contributed by atoms with Crippen molar-refractivity contribution in [3.8, 4) is 5.75 Å². The second-order valence-corrected chi connectivity index (χ2v) is 6.10. The molecule has 2 N–H and O–H groups in total. The van der Waals surface area contributed by atoms with Crippen molar-refractivity contribution in [3.05, 3.63) is 48.3 Å². The van der Waals surface area contributed by atoms with Crippen molar-refractivity contribution < 1.29 is 14.6 Å². The lowest BCUT2D eigenvalue weighted by molar-refractivity contribution is -0.121. The number of nitrogens with one attached hydrogen (secondary N) is 1. The van der Waals surface area contributed by atoms with Crippen molar-refractivity contribution in [1.82, 2.24) is 15.3 Å². The van der Waals surface area contributed by atoms with E-state index in [1.165, 1.54) is 0 Å². The second kappa shape index (κ2) is 7.94. The molecule has 1 aliphatic rings. The first kappa shape index (κ1) is 17.2. The number of aliphatic hydroxyl groups excluding tert-OH is 1. The van der Waals surface area contributed by atoms with E-state index in [1.54, 1.807) is 25.6 Å². The number of carbonyl (C=O) groups is 1. The van der Waals surface area contributed by atoms with Gasteiger partial charge in [0.25, 0.3) is 0 Å². The number of aliphatic hydroxyl groups is 1. The molecular weight excluding hydrogens is 320 g/mol. The zero-order chi connectivity index (χ0) is 17.6. The molecule has 2 atom stereocenters. The van der Waals surface area contributed by atoms with Gasteiger partial charge >= 0.3 is 0 Å². The van der Waals surface area contributed by atoms with Gasteiger partial charge in [-0.15, -0.1) is 0 Å². The Labute approximate surface area is 146 Å². The minimum atomic E-state index is -0.132. The summed E-state index contributed by atoms with van der Waals surface area (Å²) in [4.78, 5) is 22.8. The van der Waals surface area contributed by atoms with Gasteiger partial charge in [0.15, 0.2) is 0 Å². The summed E-state index contributed by atoms with van der Waals surface area (Å²) in [7, 11) is 1.60. The second-order valence-electron chi connectivity index (χ2n) is 6.10. The zero-order valence-electron chi connectivity index (χ0n) is 14.1. The van der Waals surface area contributed by atoms with Crippen LogP contribution in [0.15, 0.2) is 42.7 Å². The number of carbonyl (C=O) groups excluding carboxylic acids is 1. The van der Waals surface area contributed by atoms with Crippen molar-refractivity contribution >= 4 is 11.9 Å². The van der Waals surface area contributed by atoms with Crippen molar-refractivity contribution in [3.63, 3.8) is 0 Å². The largest absolute Gasteiger partial charge is 0.497 e. The molecule has 3 rings (SSSR count). The van der Waals surface area contributed by atoms with Gasteiger partial charge in [-0.1, -0.05) is 12.1 Å². The number of benzene rings is 1. The molecule has 2 aromatic rings. The number of anilines is 1. The number of ether oxygens (including phenoxy) is 1. The van der Waals surface area contributed by atoms with Gasteiger partial charge in [-0.3, -0.25) is 4.79 Å². The third-order valence-electron chi connectivity index (χ3n) is 4.36. The van der Waals surface area contributed by atoms with Crippen LogP contribution in [0.2, 0.25) is 0 Å². The number of aromatic nitrogens is 2. The van der Waals surface area contributed by atoms with Crippen molar-refractivity contribution in [1.29, 1.82) is 0 Å². The number of rotatable bonds is 6. The van der Waals surface area contributed by atoms with Crippen LogP contribution in [0.4, 0.5) is 5.95 Å². The fraction of sp³-hybridized carbons (Fsp3) is 0.389. The number of hydrogen-bond donors (Lipinski definition) is 2. The standard InChI is InChI=1S/C18H22N4O3/c1-25-15-5-2-4-13(8-15)9-17(24)21-16-11-22(10-14(16)12-23)18-19-6-3-7-20-18/h2-8,14,16,23H,9-12H2,1H3,(H,21,24)/t14-,16+/m0/s1. The Morgan fingerprint density at radius 1 is 1.32 bits per heavy atom. The van der Waals surface area contributed by atoms with E-state index in [1.807, 2.05) is 29.2 Å². The molecule has 1 saturated heterocycles. The maximum atomic E-state index is 12.4. The molecule has 0 saturated carbocycles.